The van der Waals surface area contributed by atoms with Gasteiger partial charge in [0.05, 0.1) is 6.54 Å². The van der Waals surface area contributed by atoms with Crippen molar-refractivity contribution in [3.05, 3.63) is 24.0 Å². The van der Waals surface area contributed by atoms with Crippen molar-refractivity contribution >= 4 is 12.1 Å². The van der Waals surface area contributed by atoms with E-state index in [1.54, 1.807) is 12.3 Å². The summed E-state index contributed by atoms with van der Waals surface area (Å²) in [6.45, 7) is 0.387. The van der Waals surface area contributed by atoms with Crippen LogP contribution in [0, 0.1) is 0 Å². The topological polar surface area (TPSA) is 72.4 Å². The maximum absolute atomic E-state index is 10.7. The predicted molar refractivity (Wildman–Crippen MR) is 40.7 cm³/mol. The number of carbonyl (C=O) groups excluding carboxylic acids is 1. The monoisotopic (exact) mass is 165 g/mol. The van der Waals surface area contributed by atoms with Gasteiger partial charge in [-0.3, -0.25) is 4.90 Å². The second-order valence-electron chi connectivity index (χ2n) is 2.45. The number of rotatable bonds is 0. The molecule has 0 saturated heterocycles. The molecule has 12 heavy (non-hydrogen) atoms. The van der Waals surface area contributed by atoms with Crippen molar-refractivity contribution in [3.63, 3.8) is 0 Å². The average Bonchev–Trinajstić information content (AvgIpc) is 2.49. The number of oxazole rings is 1. The number of hydrogen-bond acceptors (Lipinski definition) is 3. The fourth-order valence-corrected chi connectivity index (χ4v) is 1.06. The molecular formula is C7H7N3O2. The van der Waals surface area contributed by atoms with E-state index in [9.17, 15) is 4.79 Å². The molecule has 1 aromatic heterocycles. The first-order valence-corrected chi connectivity index (χ1v) is 3.44. The van der Waals surface area contributed by atoms with Crippen LogP contribution >= 0.6 is 0 Å². The molecule has 62 valence electrons. The van der Waals surface area contributed by atoms with Crippen molar-refractivity contribution in [2.45, 2.75) is 6.54 Å². The van der Waals surface area contributed by atoms with E-state index in [1.807, 2.05) is 0 Å². The number of amides is 2. The van der Waals surface area contributed by atoms with Gasteiger partial charge in [0.15, 0.2) is 12.2 Å². The zero-order chi connectivity index (χ0) is 8.55. The molecule has 5 nitrogen and oxygen atoms in total. The molecule has 0 saturated carbocycles. The Balaban J connectivity index is 2.30. The van der Waals surface area contributed by atoms with Crippen LogP contribution < -0.4 is 5.73 Å². The first kappa shape index (κ1) is 6.90. The second-order valence-corrected chi connectivity index (χ2v) is 2.45. The minimum Gasteiger partial charge on any atom is -0.444 e. The minimum atomic E-state index is -0.486. The van der Waals surface area contributed by atoms with Crippen LogP contribution in [-0.4, -0.2) is 15.9 Å². The van der Waals surface area contributed by atoms with Crippen LogP contribution in [0.15, 0.2) is 17.0 Å². The number of urea groups is 1. The van der Waals surface area contributed by atoms with Crippen molar-refractivity contribution in [1.29, 1.82) is 0 Å². The van der Waals surface area contributed by atoms with Gasteiger partial charge in [0.2, 0.25) is 0 Å². The van der Waals surface area contributed by atoms with Crippen LogP contribution in [0.4, 0.5) is 4.79 Å². The van der Waals surface area contributed by atoms with Gasteiger partial charge >= 0.3 is 6.03 Å². The Morgan fingerprint density at radius 3 is 3.33 bits per heavy atom. The third-order valence-electron chi connectivity index (χ3n) is 1.68. The Labute approximate surface area is 68.5 Å². The van der Waals surface area contributed by atoms with Gasteiger partial charge in [0.25, 0.3) is 0 Å². The summed E-state index contributed by atoms with van der Waals surface area (Å²) in [6, 6.07) is -0.486. The molecule has 2 heterocycles. The molecule has 0 spiro atoms. The number of aromatic nitrogens is 1. The summed E-state index contributed by atoms with van der Waals surface area (Å²) in [4.78, 5) is 16.0. The van der Waals surface area contributed by atoms with Crippen molar-refractivity contribution in [2.24, 2.45) is 5.73 Å². The van der Waals surface area contributed by atoms with E-state index in [0.717, 1.165) is 5.69 Å². The zero-order valence-electron chi connectivity index (χ0n) is 6.23. The van der Waals surface area contributed by atoms with Gasteiger partial charge in [0, 0.05) is 6.20 Å². The third kappa shape index (κ3) is 0.952. The molecule has 1 aromatic rings. The smallest absolute Gasteiger partial charge is 0.319 e. The Morgan fingerprint density at radius 2 is 2.58 bits per heavy atom. The van der Waals surface area contributed by atoms with Crippen LogP contribution in [0.3, 0.4) is 0 Å². The molecule has 0 radical (unpaired) electrons. The first-order chi connectivity index (χ1) is 5.77. The van der Waals surface area contributed by atoms with E-state index in [-0.39, 0.29) is 0 Å². The van der Waals surface area contributed by atoms with E-state index < -0.39 is 6.03 Å². The molecule has 0 fully saturated rings. The molecule has 0 bridgehead atoms. The first-order valence-electron chi connectivity index (χ1n) is 3.44. The number of nitrogens with two attached hydrogens (primary N) is 1. The molecular weight excluding hydrogens is 158 g/mol. The van der Waals surface area contributed by atoms with Gasteiger partial charge in [-0.2, -0.15) is 0 Å². The highest BCUT2D eigenvalue weighted by Crippen LogP contribution is 2.17. The Bertz CT molecular complexity index is 342. The SMILES string of the molecule is NC(=O)N1C=Cc2ocnc2C1. The fraction of sp³-hybridized carbons (Fsp3) is 0.143. The van der Waals surface area contributed by atoms with Crippen LogP contribution in [0.5, 0.6) is 0 Å². The molecule has 2 amide bonds. The quantitative estimate of drug-likeness (QED) is 0.609. The average molecular weight is 165 g/mol. The van der Waals surface area contributed by atoms with Crippen molar-refractivity contribution < 1.29 is 9.21 Å². The standard InChI is InChI=1S/C7H7N3O2/c8-7(11)10-2-1-6-5(3-10)9-4-12-6/h1-2,4H,3H2,(H2,8,11). The fourth-order valence-electron chi connectivity index (χ4n) is 1.06. The number of carbonyl (C=O) groups is 1. The van der Waals surface area contributed by atoms with Crippen molar-refractivity contribution in [3.8, 4) is 0 Å². The van der Waals surface area contributed by atoms with Crippen molar-refractivity contribution in [2.75, 3.05) is 0 Å². The van der Waals surface area contributed by atoms with Gasteiger partial charge in [-0.05, 0) is 6.08 Å². The summed E-state index contributed by atoms with van der Waals surface area (Å²) < 4.78 is 5.01. The largest absolute Gasteiger partial charge is 0.444 e. The molecule has 1 aliphatic rings. The maximum Gasteiger partial charge on any atom is 0.319 e. The summed E-state index contributed by atoms with van der Waals surface area (Å²) in [6.07, 6.45) is 4.59. The minimum absolute atomic E-state index is 0.387. The van der Waals surface area contributed by atoms with E-state index in [2.05, 4.69) is 4.98 Å². The summed E-state index contributed by atoms with van der Waals surface area (Å²) in [5.41, 5.74) is 5.80. The van der Waals surface area contributed by atoms with Crippen LogP contribution in [0.2, 0.25) is 0 Å². The van der Waals surface area contributed by atoms with E-state index in [1.165, 1.54) is 11.3 Å². The third-order valence-corrected chi connectivity index (χ3v) is 1.68. The molecule has 0 unspecified atom stereocenters. The van der Waals surface area contributed by atoms with Crippen molar-refractivity contribution in [1.82, 2.24) is 9.88 Å². The van der Waals surface area contributed by atoms with Crippen LogP contribution in [0.1, 0.15) is 11.5 Å². The lowest BCUT2D eigenvalue weighted by Gasteiger charge is -2.16. The van der Waals surface area contributed by atoms with Gasteiger partial charge in [0.1, 0.15) is 5.69 Å². The molecule has 0 aliphatic carbocycles. The molecule has 1 aliphatic heterocycles. The number of nitrogens with zero attached hydrogens (tertiary/aromatic N) is 2. The lowest BCUT2D eigenvalue weighted by molar-refractivity contribution is 0.222. The molecule has 0 aromatic carbocycles. The Morgan fingerprint density at radius 1 is 1.75 bits per heavy atom. The molecule has 2 N–H and O–H groups in total. The summed E-state index contributed by atoms with van der Waals surface area (Å²) >= 11 is 0. The zero-order valence-corrected chi connectivity index (χ0v) is 6.23. The van der Waals surface area contributed by atoms with E-state index in [0.29, 0.717) is 12.3 Å². The van der Waals surface area contributed by atoms with E-state index >= 15 is 0 Å². The van der Waals surface area contributed by atoms with E-state index in [4.69, 9.17) is 10.2 Å². The highest BCUT2D eigenvalue weighted by molar-refractivity contribution is 5.75. The predicted octanol–water partition coefficient (Wildman–Crippen LogP) is 0.540. The summed E-state index contributed by atoms with van der Waals surface area (Å²) in [5.74, 6) is 0.688. The van der Waals surface area contributed by atoms with Gasteiger partial charge in [-0.1, -0.05) is 0 Å². The van der Waals surface area contributed by atoms with Gasteiger partial charge < -0.3 is 10.2 Å². The van der Waals surface area contributed by atoms with Gasteiger partial charge in [-0.15, -0.1) is 0 Å². The second kappa shape index (κ2) is 2.37. The van der Waals surface area contributed by atoms with Gasteiger partial charge in [-0.25, -0.2) is 9.78 Å². The summed E-state index contributed by atoms with van der Waals surface area (Å²) in [7, 11) is 0. The van der Waals surface area contributed by atoms with Crippen LogP contribution in [0.25, 0.3) is 6.08 Å². The van der Waals surface area contributed by atoms with Crippen LogP contribution in [-0.2, 0) is 6.54 Å². The highest BCUT2D eigenvalue weighted by Gasteiger charge is 2.16. The number of fused-ring (bicyclic) bond motifs is 1. The lowest BCUT2D eigenvalue weighted by Crippen LogP contribution is -2.32. The Hall–Kier alpha value is -1.78. The maximum atomic E-state index is 10.7. The summed E-state index contributed by atoms with van der Waals surface area (Å²) in [5, 5.41) is 0. The number of hydrogen-bond donors (Lipinski definition) is 1. The molecule has 5 heteroatoms. The lowest BCUT2D eigenvalue weighted by atomic mass is 10.2. The Kier molecular flexibility index (Phi) is 1.36. The number of primary amides is 1. The molecule has 2 rings (SSSR count). The molecule has 0 atom stereocenters. The normalized spacial score (nSPS) is 14.5. The highest BCUT2D eigenvalue weighted by atomic mass is 16.3.